The molecule has 1 amide bonds. The van der Waals surface area contributed by atoms with Gasteiger partial charge in [-0.3, -0.25) is 4.79 Å². The van der Waals surface area contributed by atoms with Gasteiger partial charge in [0.2, 0.25) is 5.91 Å². The van der Waals surface area contributed by atoms with Gasteiger partial charge in [-0.05, 0) is 50.5 Å². The third-order valence-corrected chi connectivity index (χ3v) is 4.00. The molecule has 3 rings (SSSR count). The molecule has 3 fully saturated rings. The molecule has 0 aromatic rings. The van der Waals surface area contributed by atoms with Crippen LogP contribution in [0.25, 0.3) is 0 Å². The van der Waals surface area contributed by atoms with Crippen LogP contribution in [0.3, 0.4) is 0 Å². The maximum atomic E-state index is 12.0. The van der Waals surface area contributed by atoms with E-state index in [1.54, 1.807) is 0 Å². The van der Waals surface area contributed by atoms with Crippen LogP contribution in [-0.2, 0) is 4.79 Å². The molecule has 0 spiro atoms. The summed E-state index contributed by atoms with van der Waals surface area (Å²) in [5.74, 6) is 2.18. The topological polar surface area (TPSA) is 41.1 Å². The second-order valence-corrected chi connectivity index (χ2v) is 5.40. The van der Waals surface area contributed by atoms with E-state index in [0.717, 1.165) is 31.3 Å². The zero-order chi connectivity index (χ0) is 10.3. The molecule has 15 heavy (non-hydrogen) atoms. The minimum atomic E-state index is 0.241. The van der Waals surface area contributed by atoms with Crippen LogP contribution < -0.4 is 10.6 Å². The van der Waals surface area contributed by atoms with Gasteiger partial charge in [-0.1, -0.05) is 0 Å². The van der Waals surface area contributed by atoms with E-state index in [1.165, 1.54) is 25.7 Å². The first-order valence-electron chi connectivity index (χ1n) is 6.35. The lowest BCUT2D eigenvalue weighted by molar-refractivity contribution is -0.125. The van der Waals surface area contributed by atoms with Crippen molar-refractivity contribution >= 4 is 5.91 Å². The second-order valence-electron chi connectivity index (χ2n) is 5.40. The van der Waals surface area contributed by atoms with Crippen LogP contribution >= 0.6 is 0 Å². The Balaban J connectivity index is 1.55. The molecule has 0 radical (unpaired) electrons. The molecule has 1 atom stereocenters. The highest BCUT2D eigenvalue weighted by molar-refractivity contribution is 5.79. The van der Waals surface area contributed by atoms with Crippen molar-refractivity contribution in [1.82, 2.24) is 10.6 Å². The lowest BCUT2D eigenvalue weighted by Crippen LogP contribution is -2.42. The van der Waals surface area contributed by atoms with Crippen molar-refractivity contribution in [2.45, 2.75) is 38.1 Å². The minimum Gasteiger partial charge on any atom is -0.353 e. The highest BCUT2D eigenvalue weighted by Gasteiger charge is 2.42. The summed E-state index contributed by atoms with van der Waals surface area (Å²) in [6, 6.07) is 0.526. The van der Waals surface area contributed by atoms with Crippen LogP contribution in [0.15, 0.2) is 0 Å². The molecule has 1 heterocycles. The Morgan fingerprint density at radius 2 is 1.80 bits per heavy atom. The molecule has 3 aliphatic rings. The van der Waals surface area contributed by atoms with E-state index in [2.05, 4.69) is 10.6 Å². The third kappa shape index (κ3) is 2.17. The highest BCUT2D eigenvalue weighted by Crippen LogP contribution is 2.44. The molecule has 2 aliphatic carbocycles. The number of amides is 1. The van der Waals surface area contributed by atoms with E-state index < -0.39 is 0 Å². The van der Waals surface area contributed by atoms with Crippen molar-refractivity contribution in [3.05, 3.63) is 0 Å². The Hall–Kier alpha value is -0.570. The molecule has 1 saturated heterocycles. The summed E-state index contributed by atoms with van der Waals surface area (Å²) in [5.41, 5.74) is 0. The molecule has 0 aromatic heterocycles. The molecule has 0 unspecified atom stereocenters. The lowest BCUT2D eigenvalue weighted by Gasteiger charge is -2.19. The molecule has 3 nitrogen and oxygen atoms in total. The van der Waals surface area contributed by atoms with Crippen LogP contribution in [0.4, 0.5) is 0 Å². The Kier molecular flexibility index (Phi) is 2.43. The SMILES string of the molecule is O=C(NC(C1CC1)C1CC1)[C@@H]1CCNC1. The number of nitrogens with one attached hydrogen (secondary N) is 2. The third-order valence-electron chi connectivity index (χ3n) is 4.00. The van der Waals surface area contributed by atoms with E-state index in [-0.39, 0.29) is 5.92 Å². The number of rotatable bonds is 4. The number of carbonyl (C=O) groups excluding carboxylic acids is 1. The van der Waals surface area contributed by atoms with Crippen molar-refractivity contribution in [1.29, 1.82) is 0 Å². The molecule has 0 bridgehead atoms. The van der Waals surface area contributed by atoms with E-state index in [9.17, 15) is 4.79 Å². The van der Waals surface area contributed by atoms with Gasteiger partial charge in [-0.25, -0.2) is 0 Å². The van der Waals surface area contributed by atoms with Crippen molar-refractivity contribution in [3.63, 3.8) is 0 Å². The monoisotopic (exact) mass is 208 g/mol. The smallest absolute Gasteiger partial charge is 0.224 e. The maximum absolute atomic E-state index is 12.0. The summed E-state index contributed by atoms with van der Waals surface area (Å²) in [4.78, 5) is 12.0. The summed E-state index contributed by atoms with van der Waals surface area (Å²) < 4.78 is 0. The van der Waals surface area contributed by atoms with Crippen LogP contribution in [-0.4, -0.2) is 25.0 Å². The average Bonchev–Trinajstić information content (AvgIpc) is 3.15. The van der Waals surface area contributed by atoms with Gasteiger partial charge < -0.3 is 10.6 Å². The second kappa shape index (κ2) is 3.78. The van der Waals surface area contributed by atoms with Crippen LogP contribution in [0.5, 0.6) is 0 Å². The highest BCUT2D eigenvalue weighted by atomic mass is 16.2. The van der Waals surface area contributed by atoms with E-state index in [0.29, 0.717) is 11.9 Å². The molecule has 3 heteroatoms. The molecule has 84 valence electrons. The molecular weight excluding hydrogens is 188 g/mol. The Morgan fingerprint density at radius 1 is 1.13 bits per heavy atom. The lowest BCUT2D eigenvalue weighted by atomic mass is 10.0. The first-order chi connectivity index (χ1) is 7.34. The summed E-state index contributed by atoms with van der Waals surface area (Å²) in [5, 5.41) is 6.56. The van der Waals surface area contributed by atoms with E-state index in [4.69, 9.17) is 0 Å². The van der Waals surface area contributed by atoms with Crippen molar-refractivity contribution in [2.75, 3.05) is 13.1 Å². The van der Waals surface area contributed by atoms with E-state index >= 15 is 0 Å². The van der Waals surface area contributed by atoms with Crippen LogP contribution in [0, 0.1) is 17.8 Å². The van der Waals surface area contributed by atoms with Gasteiger partial charge in [0, 0.05) is 12.6 Å². The predicted octanol–water partition coefficient (Wildman–Crippen LogP) is 0.901. The first-order valence-corrected chi connectivity index (χ1v) is 6.35. The van der Waals surface area contributed by atoms with Crippen molar-refractivity contribution in [2.24, 2.45) is 17.8 Å². The van der Waals surface area contributed by atoms with Gasteiger partial charge in [0.15, 0.2) is 0 Å². The Morgan fingerprint density at radius 3 is 2.27 bits per heavy atom. The zero-order valence-corrected chi connectivity index (χ0v) is 9.17. The number of hydrogen-bond acceptors (Lipinski definition) is 2. The molecular formula is C12H20N2O. The maximum Gasteiger partial charge on any atom is 0.224 e. The Labute approximate surface area is 91.0 Å². The summed E-state index contributed by atoms with van der Waals surface area (Å²) in [6.45, 7) is 1.89. The van der Waals surface area contributed by atoms with Gasteiger partial charge in [0.25, 0.3) is 0 Å². The summed E-state index contributed by atoms with van der Waals surface area (Å²) in [6.07, 6.45) is 6.37. The zero-order valence-electron chi connectivity index (χ0n) is 9.17. The fraction of sp³-hybridized carbons (Fsp3) is 0.917. The largest absolute Gasteiger partial charge is 0.353 e. The molecule has 2 saturated carbocycles. The van der Waals surface area contributed by atoms with Crippen molar-refractivity contribution in [3.8, 4) is 0 Å². The van der Waals surface area contributed by atoms with Gasteiger partial charge in [-0.15, -0.1) is 0 Å². The first kappa shape index (κ1) is 9.64. The van der Waals surface area contributed by atoms with Gasteiger partial charge in [0.05, 0.1) is 5.92 Å². The van der Waals surface area contributed by atoms with Gasteiger partial charge in [0.1, 0.15) is 0 Å². The summed E-state index contributed by atoms with van der Waals surface area (Å²) >= 11 is 0. The fourth-order valence-corrected chi connectivity index (χ4v) is 2.69. The Bertz CT molecular complexity index is 240. The van der Waals surface area contributed by atoms with Gasteiger partial charge in [-0.2, -0.15) is 0 Å². The van der Waals surface area contributed by atoms with Crippen LogP contribution in [0.1, 0.15) is 32.1 Å². The normalized spacial score (nSPS) is 30.9. The number of hydrogen-bond donors (Lipinski definition) is 2. The minimum absolute atomic E-state index is 0.241. The quantitative estimate of drug-likeness (QED) is 0.720. The number of carbonyl (C=O) groups is 1. The summed E-state index contributed by atoms with van der Waals surface area (Å²) in [7, 11) is 0. The molecule has 2 N–H and O–H groups in total. The molecule has 1 aliphatic heterocycles. The van der Waals surface area contributed by atoms with Crippen molar-refractivity contribution < 1.29 is 4.79 Å². The van der Waals surface area contributed by atoms with E-state index in [1.807, 2.05) is 0 Å². The standard InChI is InChI=1S/C12H20N2O/c15-12(10-5-6-13-7-10)14-11(8-1-2-8)9-3-4-9/h8-11,13H,1-7H2,(H,14,15)/t10-/m1/s1. The fourth-order valence-electron chi connectivity index (χ4n) is 2.69. The van der Waals surface area contributed by atoms with Gasteiger partial charge >= 0.3 is 0 Å². The van der Waals surface area contributed by atoms with Crippen LogP contribution in [0.2, 0.25) is 0 Å². The predicted molar refractivity (Wildman–Crippen MR) is 58.4 cm³/mol. The molecule has 0 aromatic carbocycles. The average molecular weight is 208 g/mol.